The molecule has 0 radical (unpaired) electrons. The zero-order valence-electron chi connectivity index (χ0n) is 12.6. The lowest BCUT2D eigenvalue weighted by atomic mass is 9.92. The van der Waals surface area contributed by atoms with Gasteiger partial charge in [0.2, 0.25) is 0 Å². The third kappa shape index (κ3) is 2.21. The number of nitrogens with one attached hydrogen (secondary N) is 1. The summed E-state index contributed by atoms with van der Waals surface area (Å²) in [7, 11) is 2.05. The standard InChI is InChI=1S/C17H23N3/c1-4-13-8-5-7-12(2)17(13)19-15-9-6-10-16-14(15)11-18-20(16)3/h5,7-8,11,15,19H,4,6,9-10H2,1-3H3. The van der Waals surface area contributed by atoms with Gasteiger partial charge in [0, 0.05) is 24.0 Å². The van der Waals surface area contributed by atoms with Crippen LogP contribution in [0.3, 0.4) is 0 Å². The smallest absolute Gasteiger partial charge is 0.0548 e. The number of benzene rings is 1. The molecule has 106 valence electrons. The van der Waals surface area contributed by atoms with E-state index in [0.29, 0.717) is 6.04 Å². The fourth-order valence-corrected chi connectivity index (χ4v) is 3.26. The molecule has 1 aromatic carbocycles. The minimum absolute atomic E-state index is 0.402. The van der Waals surface area contributed by atoms with E-state index in [1.165, 1.54) is 40.9 Å². The molecule has 1 heterocycles. The molecule has 0 amide bonds. The third-order valence-corrected chi connectivity index (χ3v) is 4.43. The number of aryl methyl sites for hydroxylation is 3. The topological polar surface area (TPSA) is 29.9 Å². The van der Waals surface area contributed by atoms with Crippen molar-refractivity contribution in [3.63, 3.8) is 0 Å². The molecule has 1 aliphatic rings. The minimum atomic E-state index is 0.402. The lowest BCUT2D eigenvalue weighted by Crippen LogP contribution is -2.19. The SMILES string of the molecule is CCc1cccc(C)c1NC1CCCc2c1cnn2C. The van der Waals surface area contributed by atoms with Gasteiger partial charge in [-0.1, -0.05) is 25.1 Å². The van der Waals surface area contributed by atoms with Crippen LogP contribution in [0, 0.1) is 6.92 Å². The summed E-state index contributed by atoms with van der Waals surface area (Å²) in [6.45, 7) is 4.41. The van der Waals surface area contributed by atoms with Gasteiger partial charge in [-0.25, -0.2) is 0 Å². The first-order valence-corrected chi connectivity index (χ1v) is 7.56. The summed E-state index contributed by atoms with van der Waals surface area (Å²) in [4.78, 5) is 0. The molecule has 0 saturated heterocycles. The number of fused-ring (bicyclic) bond motifs is 1. The molecular formula is C17H23N3. The first-order valence-electron chi connectivity index (χ1n) is 7.56. The Morgan fingerprint density at radius 3 is 3.05 bits per heavy atom. The van der Waals surface area contributed by atoms with Crippen LogP contribution in [0.25, 0.3) is 0 Å². The van der Waals surface area contributed by atoms with Crippen molar-refractivity contribution < 1.29 is 0 Å². The van der Waals surface area contributed by atoms with Crippen LogP contribution in [-0.2, 0) is 19.9 Å². The van der Waals surface area contributed by atoms with Gasteiger partial charge >= 0.3 is 0 Å². The van der Waals surface area contributed by atoms with Gasteiger partial charge < -0.3 is 5.32 Å². The minimum Gasteiger partial charge on any atom is -0.378 e. The average molecular weight is 269 g/mol. The Morgan fingerprint density at radius 2 is 2.25 bits per heavy atom. The molecule has 1 atom stereocenters. The van der Waals surface area contributed by atoms with Gasteiger partial charge in [0.1, 0.15) is 0 Å². The number of anilines is 1. The summed E-state index contributed by atoms with van der Waals surface area (Å²) in [5.74, 6) is 0. The summed E-state index contributed by atoms with van der Waals surface area (Å²) in [5, 5.41) is 8.22. The van der Waals surface area contributed by atoms with Crippen molar-refractivity contribution >= 4 is 5.69 Å². The van der Waals surface area contributed by atoms with E-state index in [1.54, 1.807) is 0 Å². The second kappa shape index (κ2) is 5.31. The third-order valence-electron chi connectivity index (χ3n) is 4.43. The monoisotopic (exact) mass is 269 g/mol. The number of rotatable bonds is 3. The fourth-order valence-electron chi connectivity index (χ4n) is 3.26. The van der Waals surface area contributed by atoms with Gasteiger partial charge in [-0.2, -0.15) is 5.10 Å². The number of hydrogen-bond acceptors (Lipinski definition) is 2. The Labute approximate surface area is 121 Å². The molecule has 1 N–H and O–H groups in total. The number of para-hydroxylation sites is 1. The first kappa shape index (κ1) is 13.2. The second-order valence-electron chi connectivity index (χ2n) is 5.72. The average Bonchev–Trinajstić information content (AvgIpc) is 2.84. The van der Waals surface area contributed by atoms with Gasteiger partial charge in [0.05, 0.1) is 12.2 Å². The molecule has 1 aliphatic carbocycles. The highest BCUT2D eigenvalue weighted by Crippen LogP contribution is 2.34. The fraction of sp³-hybridized carbons (Fsp3) is 0.471. The summed E-state index contributed by atoms with van der Waals surface area (Å²) >= 11 is 0. The van der Waals surface area contributed by atoms with Gasteiger partial charge in [-0.15, -0.1) is 0 Å². The van der Waals surface area contributed by atoms with Gasteiger partial charge in [-0.3, -0.25) is 4.68 Å². The molecule has 0 saturated carbocycles. The van der Waals surface area contributed by atoms with Crippen molar-refractivity contribution in [2.24, 2.45) is 7.05 Å². The van der Waals surface area contributed by atoms with E-state index in [9.17, 15) is 0 Å². The van der Waals surface area contributed by atoms with E-state index in [0.717, 1.165) is 12.8 Å². The van der Waals surface area contributed by atoms with E-state index < -0.39 is 0 Å². The second-order valence-corrected chi connectivity index (χ2v) is 5.72. The maximum absolute atomic E-state index is 4.43. The molecule has 0 spiro atoms. The van der Waals surface area contributed by atoms with Crippen molar-refractivity contribution in [1.29, 1.82) is 0 Å². The molecule has 20 heavy (non-hydrogen) atoms. The van der Waals surface area contributed by atoms with Crippen molar-refractivity contribution in [2.45, 2.75) is 45.6 Å². The van der Waals surface area contributed by atoms with Crippen LogP contribution in [-0.4, -0.2) is 9.78 Å². The Bertz CT molecular complexity index is 613. The maximum Gasteiger partial charge on any atom is 0.0548 e. The van der Waals surface area contributed by atoms with Crippen LogP contribution in [0.2, 0.25) is 0 Å². The number of hydrogen-bond donors (Lipinski definition) is 1. The number of nitrogens with zero attached hydrogens (tertiary/aromatic N) is 2. The van der Waals surface area contributed by atoms with Crippen molar-refractivity contribution in [3.05, 3.63) is 46.8 Å². The molecule has 0 fully saturated rings. The molecule has 0 bridgehead atoms. The summed E-state index contributed by atoms with van der Waals surface area (Å²) < 4.78 is 2.03. The molecule has 0 aliphatic heterocycles. The Morgan fingerprint density at radius 1 is 1.40 bits per heavy atom. The van der Waals surface area contributed by atoms with E-state index in [2.05, 4.69) is 42.5 Å². The predicted molar refractivity (Wildman–Crippen MR) is 83.1 cm³/mol. The molecule has 1 aromatic heterocycles. The van der Waals surface area contributed by atoms with E-state index in [4.69, 9.17) is 0 Å². The van der Waals surface area contributed by atoms with E-state index >= 15 is 0 Å². The van der Waals surface area contributed by atoms with Crippen LogP contribution < -0.4 is 5.32 Å². The van der Waals surface area contributed by atoms with E-state index in [-0.39, 0.29) is 0 Å². The molecule has 3 heteroatoms. The van der Waals surface area contributed by atoms with Crippen molar-refractivity contribution in [1.82, 2.24) is 9.78 Å². The highest BCUT2D eigenvalue weighted by Gasteiger charge is 2.24. The highest BCUT2D eigenvalue weighted by atomic mass is 15.3. The quantitative estimate of drug-likeness (QED) is 0.919. The zero-order chi connectivity index (χ0) is 14.1. The predicted octanol–water partition coefficient (Wildman–Crippen LogP) is 3.78. The lowest BCUT2D eigenvalue weighted by molar-refractivity contribution is 0.571. The maximum atomic E-state index is 4.43. The van der Waals surface area contributed by atoms with Gasteiger partial charge in [-0.05, 0) is 43.7 Å². The summed E-state index contributed by atoms with van der Waals surface area (Å²) in [5.41, 5.74) is 6.82. The summed E-state index contributed by atoms with van der Waals surface area (Å²) in [6, 6.07) is 6.96. The molecule has 2 aromatic rings. The molecule has 3 nitrogen and oxygen atoms in total. The van der Waals surface area contributed by atoms with E-state index in [1.807, 2.05) is 17.9 Å². The Hall–Kier alpha value is -1.77. The van der Waals surface area contributed by atoms with Gasteiger partial charge in [0.25, 0.3) is 0 Å². The van der Waals surface area contributed by atoms with Crippen LogP contribution in [0.1, 0.15) is 48.2 Å². The Balaban J connectivity index is 1.93. The normalized spacial score (nSPS) is 17.9. The zero-order valence-corrected chi connectivity index (χ0v) is 12.6. The Kier molecular flexibility index (Phi) is 3.51. The van der Waals surface area contributed by atoms with Crippen LogP contribution in [0.15, 0.2) is 24.4 Å². The summed E-state index contributed by atoms with van der Waals surface area (Å²) in [6.07, 6.45) is 6.68. The number of aromatic nitrogens is 2. The van der Waals surface area contributed by atoms with Crippen molar-refractivity contribution in [3.8, 4) is 0 Å². The van der Waals surface area contributed by atoms with Crippen LogP contribution >= 0.6 is 0 Å². The van der Waals surface area contributed by atoms with Gasteiger partial charge in [0.15, 0.2) is 0 Å². The van der Waals surface area contributed by atoms with Crippen LogP contribution in [0.5, 0.6) is 0 Å². The highest BCUT2D eigenvalue weighted by molar-refractivity contribution is 5.58. The molecule has 1 unspecified atom stereocenters. The molecular weight excluding hydrogens is 246 g/mol. The lowest BCUT2D eigenvalue weighted by Gasteiger charge is -2.26. The van der Waals surface area contributed by atoms with Crippen molar-refractivity contribution in [2.75, 3.05) is 5.32 Å². The first-order chi connectivity index (χ1) is 9.70. The largest absolute Gasteiger partial charge is 0.378 e. The van der Waals surface area contributed by atoms with Crippen LogP contribution in [0.4, 0.5) is 5.69 Å². The molecule has 3 rings (SSSR count).